The number of rotatable bonds is 12. The molecule has 4 N–H and O–H groups in total. The second kappa shape index (κ2) is 14.7. The summed E-state index contributed by atoms with van der Waals surface area (Å²) in [5.74, 6) is -1.11. The number of alkyl carbamates (subject to hydrolysis) is 1. The average molecular weight is 601 g/mol. The number of para-hydroxylation sites is 2. The quantitative estimate of drug-likeness (QED) is 0.193. The van der Waals surface area contributed by atoms with E-state index in [4.69, 9.17) is 9.72 Å². The number of urea groups is 1. The zero-order valence-corrected chi connectivity index (χ0v) is 24.8. The Labute approximate surface area is 255 Å². The summed E-state index contributed by atoms with van der Waals surface area (Å²) in [6.07, 6.45) is -0.912. The monoisotopic (exact) mass is 600 g/mol. The van der Waals surface area contributed by atoms with Gasteiger partial charge in [0, 0.05) is 31.7 Å². The Morgan fingerprint density at radius 3 is 2.23 bits per heavy atom. The van der Waals surface area contributed by atoms with Crippen LogP contribution in [0.1, 0.15) is 41.2 Å². The first-order valence-corrected chi connectivity index (χ1v) is 14.1. The van der Waals surface area contributed by atoms with Crippen molar-refractivity contribution in [1.29, 1.82) is 0 Å². The molecule has 0 saturated carbocycles. The molecule has 3 aromatic carbocycles. The molecule has 4 amide bonds. The number of ether oxygens (including phenoxy) is 1. The van der Waals surface area contributed by atoms with E-state index in [2.05, 4.69) is 16.0 Å². The summed E-state index contributed by atoms with van der Waals surface area (Å²) in [7, 11) is 1.91. The fourth-order valence-electron chi connectivity index (χ4n) is 4.43. The van der Waals surface area contributed by atoms with Crippen molar-refractivity contribution >= 4 is 35.0 Å². The van der Waals surface area contributed by atoms with Gasteiger partial charge in [0.1, 0.15) is 18.5 Å². The Morgan fingerprint density at radius 1 is 0.886 bits per heavy atom. The van der Waals surface area contributed by atoms with Gasteiger partial charge >= 0.3 is 18.1 Å². The van der Waals surface area contributed by atoms with Crippen LogP contribution in [0.2, 0.25) is 0 Å². The van der Waals surface area contributed by atoms with E-state index in [1.807, 2.05) is 55.8 Å². The Hall–Kier alpha value is -5.39. The van der Waals surface area contributed by atoms with Gasteiger partial charge in [-0.1, -0.05) is 54.6 Å². The average Bonchev–Trinajstić information content (AvgIpc) is 3.32. The number of imidazole rings is 1. The maximum Gasteiger partial charge on any atom is 0.408 e. The molecule has 0 unspecified atom stereocenters. The van der Waals surface area contributed by atoms with Crippen LogP contribution in [0.3, 0.4) is 0 Å². The first-order valence-electron chi connectivity index (χ1n) is 14.1. The molecule has 12 heteroatoms. The van der Waals surface area contributed by atoms with E-state index in [0.717, 1.165) is 28.0 Å². The van der Waals surface area contributed by atoms with Crippen molar-refractivity contribution in [3.63, 3.8) is 0 Å². The maximum atomic E-state index is 13.1. The topological polar surface area (TPSA) is 155 Å². The molecule has 0 aliphatic carbocycles. The molecule has 0 saturated heterocycles. The fraction of sp³-hybridized carbons (Fsp3) is 0.281. The summed E-state index contributed by atoms with van der Waals surface area (Å²) in [5, 5.41) is 17.2. The standard InChI is InChI=1S/C32H36N6O6/c1-21(2)34-31(42)38(19-28-35-25-11-7-8-12-27(25)37(28)3)18-22-13-15-24(16-14-22)29(39)33-17-26(30(40)41)36-32(43)44-20-23-9-5-4-6-10-23/h4-16,21,26H,17-20H2,1-3H3,(H,33,39)(H,34,42)(H,36,43)(H,40,41)/t26-/m0/s1. The molecule has 0 aliphatic heterocycles. The number of amides is 4. The summed E-state index contributed by atoms with van der Waals surface area (Å²) < 4.78 is 7.04. The minimum atomic E-state index is -1.39. The predicted octanol–water partition coefficient (Wildman–Crippen LogP) is 3.80. The molecule has 4 aromatic rings. The minimum absolute atomic E-state index is 0.0211. The molecule has 0 radical (unpaired) electrons. The molecule has 230 valence electrons. The zero-order valence-electron chi connectivity index (χ0n) is 24.8. The van der Waals surface area contributed by atoms with Gasteiger partial charge in [-0.05, 0) is 49.2 Å². The summed E-state index contributed by atoms with van der Waals surface area (Å²) >= 11 is 0. The normalized spacial score (nSPS) is 11.5. The molecular formula is C32H36N6O6. The lowest BCUT2D eigenvalue weighted by Gasteiger charge is -2.24. The number of carboxylic acids is 1. The molecule has 1 aromatic heterocycles. The van der Waals surface area contributed by atoms with Crippen LogP contribution in [0.15, 0.2) is 78.9 Å². The molecular weight excluding hydrogens is 564 g/mol. The van der Waals surface area contributed by atoms with Crippen LogP contribution >= 0.6 is 0 Å². The molecule has 4 rings (SSSR count). The van der Waals surface area contributed by atoms with Crippen molar-refractivity contribution in [3.8, 4) is 0 Å². The van der Waals surface area contributed by atoms with Crippen LogP contribution in [-0.2, 0) is 36.3 Å². The molecule has 1 heterocycles. The molecule has 1 atom stereocenters. The van der Waals surface area contributed by atoms with Gasteiger partial charge in [-0.25, -0.2) is 19.4 Å². The van der Waals surface area contributed by atoms with Gasteiger partial charge in [0.25, 0.3) is 5.91 Å². The highest BCUT2D eigenvalue weighted by molar-refractivity contribution is 5.94. The minimum Gasteiger partial charge on any atom is -0.480 e. The number of aryl methyl sites for hydroxylation is 1. The number of aliphatic carboxylic acids is 1. The van der Waals surface area contributed by atoms with Gasteiger partial charge in [0.05, 0.1) is 17.6 Å². The van der Waals surface area contributed by atoms with E-state index < -0.39 is 24.0 Å². The maximum absolute atomic E-state index is 13.1. The third-order valence-electron chi connectivity index (χ3n) is 6.77. The Bertz CT molecular complexity index is 1600. The Kier molecular flexibility index (Phi) is 10.5. The van der Waals surface area contributed by atoms with Crippen molar-refractivity contribution in [1.82, 2.24) is 30.4 Å². The third-order valence-corrected chi connectivity index (χ3v) is 6.77. The molecule has 0 bridgehead atoms. The van der Waals surface area contributed by atoms with Crippen molar-refractivity contribution in [2.45, 2.75) is 45.6 Å². The number of fused-ring (bicyclic) bond motifs is 1. The molecule has 0 aliphatic rings. The van der Waals surface area contributed by atoms with Crippen LogP contribution in [-0.4, -0.2) is 62.2 Å². The first kappa shape index (κ1) is 31.5. The fourth-order valence-corrected chi connectivity index (χ4v) is 4.43. The lowest BCUT2D eigenvalue weighted by molar-refractivity contribution is -0.139. The van der Waals surface area contributed by atoms with E-state index in [9.17, 15) is 24.3 Å². The lowest BCUT2D eigenvalue weighted by atomic mass is 10.1. The van der Waals surface area contributed by atoms with Gasteiger partial charge in [-0.3, -0.25) is 4.79 Å². The first-order chi connectivity index (χ1) is 21.1. The van der Waals surface area contributed by atoms with Crippen LogP contribution in [0, 0.1) is 0 Å². The van der Waals surface area contributed by atoms with E-state index >= 15 is 0 Å². The van der Waals surface area contributed by atoms with Crippen LogP contribution in [0.25, 0.3) is 11.0 Å². The zero-order chi connectivity index (χ0) is 31.6. The number of hydrogen-bond acceptors (Lipinski definition) is 6. The van der Waals surface area contributed by atoms with Gasteiger partial charge in [0.2, 0.25) is 0 Å². The van der Waals surface area contributed by atoms with Gasteiger partial charge < -0.3 is 35.3 Å². The largest absolute Gasteiger partial charge is 0.480 e. The van der Waals surface area contributed by atoms with E-state index in [1.54, 1.807) is 53.4 Å². The third kappa shape index (κ3) is 8.57. The lowest BCUT2D eigenvalue weighted by Crippen LogP contribution is -2.48. The molecule has 44 heavy (non-hydrogen) atoms. The number of nitrogens with one attached hydrogen (secondary N) is 3. The number of benzene rings is 3. The number of aromatic nitrogens is 2. The number of carbonyl (C=O) groups is 4. The Morgan fingerprint density at radius 2 is 1.57 bits per heavy atom. The summed E-state index contributed by atoms with van der Waals surface area (Å²) in [5.41, 5.74) is 3.63. The smallest absolute Gasteiger partial charge is 0.408 e. The molecule has 0 spiro atoms. The number of nitrogens with zero attached hydrogens (tertiary/aromatic N) is 3. The van der Waals surface area contributed by atoms with Crippen LogP contribution < -0.4 is 16.0 Å². The molecule has 0 fully saturated rings. The second-order valence-electron chi connectivity index (χ2n) is 10.5. The van der Waals surface area contributed by atoms with E-state index in [1.165, 1.54) is 0 Å². The van der Waals surface area contributed by atoms with E-state index in [0.29, 0.717) is 0 Å². The van der Waals surface area contributed by atoms with Gasteiger partial charge in [-0.15, -0.1) is 0 Å². The number of hydrogen-bond donors (Lipinski definition) is 4. The number of carbonyl (C=O) groups excluding carboxylic acids is 3. The van der Waals surface area contributed by atoms with Crippen molar-refractivity contribution in [2.24, 2.45) is 7.05 Å². The SMILES string of the molecule is CC(C)NC(=O)N(Cc1ccc(C(=O)NC[C@H](NC(=O)OCc2ccccc2)C(=O)O)cc1)Cc1nc2ccccc2n1C. The van der Waals surface area contributed by atoms with Crippen molar-refractivity contribution in [2.75, 3.05) is 6.54 Å². The summed E-state index contributed by atoms with van der Waals surface area (Å²) in [4.78, 5) is 56.0. The van der Waals surface area contributed by atoms with Crippen LogP contribution in [0.4, 0.5) is 9.59 Å². The molecule has 12 nitrogen and oxygen atoms in total. The van der Waals surface area contributed by atoms with Crippen molar-refractivity contribution < 1.29 is 29.0 Å². The predicted molar refractivity (Wildman–Crippen MR) is 164 cm³/mol. The Balaban J connectivity index is 1.35. The van der Waals surface area contributed by atoms with Gasteiger partial charge in [0.15, 0.2) is 0 Å². The highest BCUT2D eigenvalue weighted by atomic mass is 16.5. The highest BCUT2D eigenvalue weighted by Gasteiger charge is 2.22. The van der Waals surface area contributed by atoms with Gasteiger partial charge in [-0.2, -0.15) is 0 Å². The highest BCUT2D eigenvalue weighted by Crippen LogP contribution is 2.17. The van der Waals surface area contributed by atoms with Crippen molar-refractivity contribution in [3.05, 3.63) is 101 Å². The second-order valence-corrected chi connectivity index (χ2v) is 10.5. The number of carboxylic acid groups (broad SMARTS) is 1. The summed E-state index contributed by atoms with van der Waals surface area (Å²) in [6, 6.07) is 21.7. The summed E-state index contributed by atoms with van der Waals surface area (Å²) in [6.45, 7) is 3.93. The van der Waals surface area contributed by atoms with Crippen LogP contribution in [0.5, 0.6) is 0 Å². The van der Waals surface area contributed by atoms with E-state index in [-0.39, 0.29) is 43.9 Å².